The van der Waals surface area contributed by atoms with Gasteiger partial charge in [0.15, 0.2) is 4.67 Å². The molecule has 2 nitrogen and oxygen atoms in total. The normalized spacial score (nSPS) is 10.2. The summed E-state index contributed by atoms with van der Waals surface area (Å²) in [7, 11) is 0. The highest BCUT2D eigenvalue weighted by Crippen LogP contribution is 2.14. The second-order valence-corrected chi connectivity index (χ2v) is 2.68. The molecule has 56 valence electrons. The van der Waals surface area contributed by atoms with E-state index in [0.717, 1.165) is 16.8 Å². The van der Waals surface area contributed by atoms with E-state index in [1.54, 1.807) is 6.26 Å². The topological polar surface area (TPSA) is 22.4 Å². The van der Waals surface area contributed by atoms with Crippen molar-refractivity contribution in [3.8, 4) is 0 Å². The summed E-state index contributed by atoms with van der Waals surface area (Å²) < 4.78 is 10.9. The molecule has 0 saturated carbocycles. The van der Waals surface area contributed by atoms with Gasteiger partial charge in [0, 0.05) is 12.2 Å². The van der Waals surface area contributed by atoms with E-state index in [-0.39, 0.29) is 0 Å². The Kier molecular flexibility index (Phi) is 2.96. The first-order valence-corrected chi connectivity index (χ1v) is 3.93. The minimum Gasteiger partial charge on any atom is -0.457 e. The van der Waals surface area contributed by atoms with Gasteiger partial charge in [-0.2, -0.15) is 0 Å². The third kappa shape index (κ3) is 2.15. The molecule has 1 aromatic heterocycles. The van der Waals surface area contributed by atoms with Crippen LogP contribution in [0, 0.1) is 0 Å². The van der Waals surface area contributed by atoms with Crippen LogP contribution in [0.2, 0.25) is 0 Å². The first-order chi connectivity index (χ1) is 4.83. The molecule has 1 aromatic rings. The first kappa shape index (κ1) is 7.82. The van der Waals surface area contributed by atoms with Crippen molar-refractivity contribution in [2.45, 2.75) is 13.5 Å². The molecule has 0 unspecified atom stereocenters. The Morgan fingerprint density at radius 1 is 1.70 bits per heavy atom. The van der Waals surface area contributed by atoms with Gasteiger partial charge in [0.05, 0.1) is 12.9 Å². The van der Waals surface area contributed by atoms with Gasteiger partial charge in [-0.05, 0) is 28.9 Å². The summed E-state index contributed by atoms with van der Waals surface area (Å²) in [5, 5.41) is 0. The summed E-state index contributed by atoms with van der Waals surface area (Å²) in [6.45, 7) is 3.34. The van der Waals surface area contributed by atoms with Gasteiger partial charge in [-0.25, -0.2) is 0 Å². The molecule has 0 aliphatic rings. The molecule has 10 heavy (non-hydrogen) atoms. The van der Waals surface area contributed by atoms with Gasteiger partial charge < -0.3 is 9.15 Å². The van der Waals surface area contributed by atoms with E-state index < -0.39 is 0 Å². The second kappa shape index (κ2) is 3.78. The van der Waals surface area contributed by atoms with Crippen LogP contribution in [0.5, 0.6) is 0 Å². The fraction of sp³-hybridized carbons (Fsp3) is 0.429. The van der Waals surface area contributed by atoms with Crippen molar-refractivity contribution in [1.29, 1.82) is 0 Å². The standard InChI is InChI=1S/C7H9BrO2/c1-2-9-4-6-3-7(8)10-5-6/h3,5H,2,4H2,1H3. The van der Waals surface area contributed by atoms with Gasteiger partial charge in [-0.1, -0.05) is 0 Å². The zero-order chi connectivity index (χ0) is 7.40. The molecule has 0 saturated heterocycles. The van der Waals surface area contributed by atoms with Crippen LogP contribution in [-0.2, 0) is 11.3 Å². The number of ether oxygens (including phenoxy) is 1. The summed E-state index contributed by atoms with van der Waals surface area (Å²) in [5.41, 5.74) is 1.06. The van der Waals surface area contributed by atoms with Crippen molar-refractivity contribution in [2.24, 2.45) is 0 Å². The van der Waals surface area contributed by atoms with Crippen molar-refractivity contribution in [3.63, 3.8) is 0 Å². The summed E-state index contributed by atoms with van der Waals surface area (Å²) in [4.78, 5) is 0. The molecular formula is C7H9BrO2. The van der Waals surface area contributed by atoms with Crippen LogP contribution in [0.25, 0.3) is 0 Å². The molecule has 1 heterocycles. The zero-order valence-corrected chi connectivity index (χ0v) is 7.35. The molecule has 0 aliphatic heterocycles. The molecule has 0 spiro atoms. The molecule has 0 amide bonds. The molecule has 3 heteroatoms. The van der Waals surface area contributed by atoms with Gasteiger partial charge in [-0.15, -0.1) is 0 Å². The molecule has 0 radical (unpaired) electrons. The average Bonchev–Trinajstić information content (AvgIpc) is 2.31. The van der Waals surface area contributed by atoms with Gasteiger partial charge >= 0.3 is 0 Å². The summed E-state index contributed by atoms with van der Waals surface area (Å²) in [5.74, 6) is 0. The van der Waals surface area contributed by atoms with E-state index in [9.17, 15) is 0 Å². The number of hydrogen-bond donors (Lipinski definition) is 0. The predicted octanol–water partition coefficient (Wildman–Crippen LogP) is 2.58. The summed E-state index contributed by atoms with van der Waals surface area (Å²) in [6.07, 6.45) is 1.68. The molecule has 0 aliphatic carbocycles. The van der Waals surface area contributed by atoms with Crippen molar-refractivity contribution >= 4 is 15.9 Å². The SMILES string of the molecule is CCOCc1coc(Br)c1. The Balaban J connectivity index is 2.42. The van der Waals surface area contributed by atoms with E-state index in [2.05, 4.69) is 15.9 Å². The van der Waals surface area contributed by atoms with Gasteiger partial charge in [-0.3, -0.25) is 0 Å². The highest BCUT2D eigenvalue weighted by Gasteiger charge is 1.96. The predicted molar refractivity (Wildman–Crippen MR) is 41.7 cm³/mol. The third-order valence-electron chi connectivity index (χ3n) is 1.09. The third-order valence-corrected chi connectivity index (χ3v) is 1.51. The lowest BCUT2D eigenvalue weighted by atomic mass is 10.4. The van der Waals surface area contributed by atoms with E-state index in [0.29, 0.717) is 6.61 Å². The van der Waals surface area contributed by atoms with E-state index in [1.165, 1.54) is 0 Å². The van der Waals surface area contributed by atoms with Crippen LogP contribution in [0.15, 0.2) is 21.4 Å². The van der Waals surface area contributed by atoms with Gasteiger partial charge in [0.25, 0.3) is 0 Å². The Morgan fingerprint density at radius 3 is 3.00 bits per heavy atom. The van der Waals surface area contributed by atoms with Crippen LogP contribution >= 0.6 is 15.9 Å². The Morgan fingerprint density at radius 2 is 2.50 bits per heavy atom. The molecule has 0 fully saturated rings. The number of hydrogen-bond acceptors (Lipinski definition) is 2. The Labute approximate surface area is 68.3 Å². The smallest absolute Gasteiger partial charge is 0.169 e. The van der Waals surface area contributed by atoms with Crippen molar-refractivity contribution in [1.82, 2.24) is 0 Å². The molecular weight excluding hydrogens is 196 g/mol. The monoisotopic (exact) mass is 204 g/mol. The van der Waals surface area contributed by atoms with Gasteiger partial charge in [0.2, 0.25) is 0 Å². The van der Waals surface area contributed by atoms with Crippen LogP contribution in [0.1, 0.15) is 12.5 Å². The van der Waals surface area contributed by atoms with Crippen LogP contribution in [0.3, 0.4) is 0 Å². The molecule has 1 rings (SSSR count). The highest BCUT2D eigenvalue weighted by molar-refractivity contribution is 9.10. The van der Waals surface area contributed by atoms with Crippen molar-refractivity contribution in [2.75, 3.05) is 6.61 Å². The Hall–Kier alpha value is -0.280. The first-order valence-electron chi connectivity index (χ1n) is 3.13. The maximum atomic E-state index is 5.15. The Bertz CT molecular complexity index is 195. The van der Waals surface area contributed by atoms with E-state index >= 15 is 0 Å². The molecule has 0 bridgehead atoms. The molecule has 0 aromatic carbocycles. The average molecular weight is 205 g/mol. The van der Waals surface area contributed by atoms with Crippen molar-refractivity contribution < 1.29 is 9.15 Å². The minimum atomic E-state index is 0.631. The quantitative estimate of drug-likeness (QED) is 0.756. The zero-order valence-electron chi connectivity index (χ0n) is 5.76. The lowest BCUT2D eigenvalue weighted by Crippen LogP contribution is -1.88. The minimum absolute atomic E-state index is 0.631. The second-order valence-electron chi connectivity index (χ2n) is 1.90. The van der Waals surface area contributed by atoms with E-state index in [1.807, 2.05) is 13.0 Å². The molecule has 0 atom stereocenters. The number of furan rings is 1. The van der Waals surface area contributed by atoms with Crippen LogP contribution in [0.4, 0.5) is 0 Å². The fourth-order valence-corrected chi connectivity index (χ4v) is 1.03. The molecule has 0 N–H and O–H groups in total. The van der Waals surface area contributed by atoms with Gasteiger partial charge in [0.1, 0.15) is 0 Å². The maximum Gasteiger partial charge on any atom is 0.169 e. The number of halogens is 1. The largest absolute Gasteiger partial charge is 0.457 e. The maximum absolute atomic E-state index is 5.15. The fourth-order valence-electron chi connectivity index (χ4n) is 0.641. The lowest BCUT2D eigenvalue weighted by molar-refractivity contribution is 0.133. The van der Waals surface area contributed by atoms with Crippen LogP contribution in [-0.4, -0.2) is 6.61 Å². The summed E-state index contributed by atoms with van der Waals surface area (Å²) in [6, 6.07) is 1.90. The van der Waals surface area contributed by atoms with Crippen LogP contribution < -0.4 is 0 Å². The highest BCUT2D eigenvalue weighted by atomic mass is 79.9. The number of rotatable bonds is 3. The lowest BCUT2D eigenvalue weighted by Gasteiger charge is -1.93. The van der Waals surface area contributed by atoms with Crippen molar-refractivity contribution in [3.05, 3.63) is 22.6 Å². The summed E-state index contributed by atoms with van der Waals surface area (Å²) >= 11 is 3.20. The van der Waals surface area contributed by atoms with E-state index in [4.69, 9.17) is 9.15 Å².